The van der Waals surface area contributed by atoms with Gasteiger partial charge in [-0.05, 0) is 28.1 Å². The normalized spacial score (nSPS) is 12.5. The van der Waals surface area contributed by atoms with Crippen molar-refractivity contribution < 1.29 is 9.13 Å². The highest BCUT2D eigenvalue weighted by atomic mass is 79.9. The molecule has 2 aromatic rings. The molecule has 0 amide bonds. The van der Waals surface area contributed by atoms with Gasteiger partial charge in [-0.25, -0.2) is 9.82 Å². The van der Waals surface area contributed by atoms with Crippen LogP contribution in [0, 0.1) is 5.82 Å². The summed E-state index contributed by atoms with van der Waals surface area (Å²) < 4.78 is 19.8. The van der Waals surface area contributed by atoms with Gasteiger partial charge in [0.1, 0.15) is 11.6 Å². The van der Waals surface area contributed by atoms with Crippen LogP contribution in [0.3, 0.4) is 0 Å². The zero-order valence-electron chi connectivity index (χ0n) is 9.91. The molecule has 0 aliphatic heterocycles. The van der Waals surface area contributed by atoms with Gasteiger partial charge in [-0.1, -0.05) is 17.7 Å². The molecule has 1 atom stereocenters. The zero-order chi connectivity index (χ0) is 14.0. The predicted octanol–water partition coefficient (Wildman–Crippen LogP) is 3.86. The Labute approximate surface area is 127 Å². The van der Waals surface area contributed by atoms with Gasteiger partial charge in [-0.3, -0.25) is 5.84 Å². The SMILES string of the molecule is COc1csc(C(NN)c2ccc(Br)c(Cl)c2F)c1. The van der Waals surface area contributed by atoms with E-state index in [1.165, 1.54) is 11.3 Å². The van der Waals surface area contributed by atoms with Gasteiger partial charge < -0.3 is 4.74 Å². The van der Waals surface area contributed by atoms with Gasteiger partial charge in [0.15, 0.2) is 0 Å². The molecule has 3 N–H and O–H groups in total. The maximum Gasteiger partial charge on any atom is 0.148 e. The average Bonchev–Trinajstić information content (AvgIpc) is 2.88. The standard InChI is InChI=1S/C12H11BrClFN2OS/c1-18-6-4-9(19-5-6)12(17-16)7-2-3-8(13)10(14)11(7)15/h2-5,12,17H,16H2,1H3. The van der Waals surface area contributed by atoms with Crippen molar-refractivity contribution >= 4 is 38.9 Å². The average molecular weight is 366 g/mol. The Morgan fingerprint density at radius 2 is 2.26 bits per heavy atom. The van der Waals surface area contributed by atoms with Crippen LogP contribution in [0.4, 0.5) is 4.39 Å². The van der Waals surface area contributed by atoms with Crippen LogP contribution in [0.5, 0.6) is 5.75 Å². The monoisotopic (exact) mass is 364 g/mol. The fraction of sp³-hybridized carbons (Fsp3) is 0.167. The lowest BCUT2D eigenvalue weighted by atomic mass is 10.1. The van der Waals surface area contributed by atoms with Crippen molar-refractivity contribution in [1.82, 2.24) is 5.43 Å². The number of nitrogens with one attached hydrogen (secondary N) is 1. The van der Waals surface area contributed by atoms with Crippen molar-refractivity contribution in [2.24, 2.45) is 5.84 Å². The van der Waals surface area contributed by atoms with Crippen molar-refractivity contribution in [1.29, 1.82) is 0 Å². The first-order valence-corrected chi connectivity index (χ1v) is 7.35. The third-order valence-electron chi connectivity index (χ3n) is 2.66. The van der Waals surface area contributed by atoms with E-state index in [4.69, 9.17) is 22.2 Å². The topological polar surface area (TPSA) is 47.3 Å². The van der Waals surface area contributed by atoms with Crippen LogP contribution in [-0.2, 0) is 0 Å². The van der Waals surface area contributed by atoms with Crippen LogP contribution in [-0.4, -0.2) is 7.11 Å². The number of nitrogens with two attached hydrogens (primary N) is 1. The fourth-order valence-corrected chi connectivity index (χ4v) is 3.09. The molecule has 0 fully saturated rings. The lowest BCUT2D eigenvalue weighted by Gasteiger charge is -2.16. The van der Waals surface area contributed by atoms with Gasteiger partial charge in [-0.15, -0.1) is 11.3 Å². The Balaban J connectivity index is 2.45. The Morgan fingerprint density at radius 3 is 2.84 bits per heavy atom. The minimum atomic E-state index is -0.494. The summed E-state index contributed by atoms with van der Waals surface area (Å²) >= 11 is 10.5. The Morgan fingerprint density at radius 1 is 1.53 bits per heavy atom. The molecule has 0 radical (unpaired) electrons. The fourth-order valence-electron chi connectivity index (χ4n) is 1.68. The summed E-state index contributed by atoms with van der Waals surface area (Å²) in [6.07, 6.45) is 0. The summed E-state index contributed by atoms with van der Waals surface area (Å²) in [4.78, 5) is 0.844. The molecule has 1 aromatic carbocycles. The van der Waals surface area contributed by atoms with Crippen LogP contribution in [0.25, 0.3) is 0 Å². The minimum Gasteiger partial charge on any atom is -0.496 e. The molecule has 19 heavy (non-hydrogen) atoms. The van der Waals surface area contributed by atoms with E-state index in [0.717, 1.165) is 4.88 Å². The number of benzene rings is 1. The molecule has 0 saturated carbocycles. The van der Waals surface area contributed by atoms with Crippen LogP contribution >= 0.6 is 38.9 Å². The summed E-state index contributed by atoms with van der Waals surface area (Å²) in [5.41, 5.74) is 2.99. The molecule has 1 heterocycles. The summed E-state index contributed by atoms with van der Waals surface area (Å²) in [5, 5.41) is 1.87. The first kappa shape index (κ1) is 14.7. The Bertz CT molecular complexity index is 593. The molecule has 1 aromatic heterocycles. The number of methoxy groups -OCH3 is 1. The van der Waals surface area contributed by atoms with E-state index in [1.807, 2.05) is 11.4 Å². The van der Waals surface area contributed by atoms with Gasteiger partial charge in [0.05, 0.1) is 18.2 Å². The second-order valence-corrected chi connectivity index (χ2v) is 5.93. The summed E-state index contributed by atoms with van der Waals surface area (Å²) in [5.74, 6) is 5.76. The van der Waals surface area contributed by atoms with Crippen molar-refractivity contribution in [3.63, 3.8) is 0 Å². The van der Waals surface area contributed by atoms with E-state index in [-0.39, 0.29) is 5.02 Å². The van der Waals surface area contributed by atoms with Crippen LogP contribution < -0.4 is 16.0 Å². The molecule has 0 saturated heterocycles. The van der Waals surface area contributed by atoms with Crippen molar-refractivity contribution in [2.75, 3.05) is 7.11 Å². The van der Waals surface area contributed by atoms with Crippen LogP contribution in [0.15, 0.2) is 28.1 Å². The second-order valence-electron chi connectivity index (χ2n) is 3.75. The van der Waals surface area contributed by atoms with Crippen molar-refractivity contribution in [3.05, 3.63) is 49.3 Å². The molecular formula is C12H11BrClFN2OS. The van der Waals surface area contributed by atoms with Gasteiger partial charge in [0.2, 0.25) is 0 Å². The number of hydrazine groups is 1. The van der Waals surface area contributed by atoms with Gasteiger partial charge in [0, 0.05) is 20.3 Å². The van der Waals surface area contributed by atoms with E-state index >= 15 is 0 Å². The summed E-state index contributed by atoms with van der Waals surface area (Å²) in [6, 6.07) is 4.67. The summed E-state index contributed by atoms with van der Waals surface area (Å²) in [7, 11) is 1.58. The maximum atomic E-state index is 14.2. The van der Waals surface area contributed by atoms with E-state index in [1.54, 1.807) is 19.2 Å². The molecule has 0 aliphatic rings. The first-order chi connectivity index (χ1) is 9.08. The highest BCUT2D eigenvalue weighted by Crippen LogP contribution is 2.35. The summed E-state index contributed by atoms with van der Waals surface area (Å²) in [6.45, 7) is 0. The highest BCUT2D eigenvalue weighted by Gasteiger charge is 2.21. The molecule has 3 nitrogen and oxygen atoms in total. The van der Waals surface area contributed by atoms with Gasteiger partial charge in [-0.2, -0.15) is 0 Å². The maximum absolute atomic E-state index is 14.2. The number of rotatable bonds is 4. The molecule has 1 unspecified atom stereocenters. The first-order valence-electron chi connectivity index (χ1n) is 5.30. The molecule has 102 valence electrons. The lowest BCUT2D eigenvalue weighted by molar-refractivity contribution is 0.416. The quantitative estimate of drug-likeness (QED) is 0.491. The third kappa shape index (κ3) is 2.93. The largest absolute Gasteiger partial charge is 0.496 e. The van der Waals surface area contributed by atoms with Gasteiger partial charge in [0.25, 0.3) is 0 Å². The van der Waals surface area contributed by atoms with E-state index in [2.05, 4.69) is 21.4 Å². The number of halogens is 3. The zero-order valence-corrected chi connectivity index (χ0v) is 13.1. The van der Waals surface area contributed by atoms with E-state index < -0.39 is 11.9 Å². The number of thiophene rings is 1. The smallest absolute Gasteiger partial charge is 0.148 e. The second kappa shape index (κ2) is 6.19. The predicted molar refractivity (Wildman–Crippen MR) is 79.1 cm³/mol. The number of ether oxygens (including phenoxy) is 1. The van der Waals surface area contributed by atoms with Gasteiger partial charge >= 0.3 is 0 Å². The van der Waals surface area contributed by atoms with E-state index in [9.17, 15) is 4.39 Å². The van der Waals surface area contributed by atoms with E-state index in [0.29, 0.717) is 15.8 Å². The molecule has 0 spiro atoms. The highest BCUT2D eigenvalue weighted by molar-refractivity contribution is 9.10. The molecule has 0 aliphatic carbocycles. The Hall–Kier alpha value is -0.660. The van der Waals surface area contributed by atoms with Crippen LogP contribution in [0.2, 0.25) is 5.02 Å². The van der Waals surface area contributed by atoms with Crippen LogP contribution in [0.1, 0.15) is 16.5 Å². The minimum absolute atomic E-state index is 0.0428. The molecule has 0 bridgehead atoms. The third-order valence-corrected chi connectivity index (χ3v) is 4.89. The van der Waals surface area contributed by atoms with Crippen molar-refractivity contribution in [3.8, 4) is 5.75 Å². The number of hydrogen-bond donors (Lipinski definition) is 2. The molecular weight excluding hydrogens is 355 g/mol. The van der Waals surface area contributed by atoms with Crippen molar-refractivity contribution in [2.45, 2.75) is 6.04 Å². The number of hydrogen-bond acceptors (Lipinski definition) is 4. The molecule has 2 rings (SSSR count). The Kier molecular flexibility index (Phi) is 4.81. The lowest BCUT2D eigenvalue weighted by Crippen LogP contribution is -2.29. The molecule has 7 heteroatoms.